The van der Waals surface area contributed by atoms with Gasteiger partial charge in [0.2, 0.25) is 0 Å². The Hall–Kier alpha value is -1.37. The molecule has 1 aliphatic heterocycles. The molecule has 14 heavy (non-hydrogen) atoms. The van der Waals surface area contributed by atoms with Gasteiger partial charge in [0.15, 0.2) is 9.84 Å². The summed E-state index contributed by atoms with van der Waals surface area (Å²) in [5.74, 6) is -2.01. The molecule has 0 radical (unpaired) electrons. The number of fused-ring (bicyclic) bond motifs is 1. The van der Waals surface area contributed by atoms with E-state index in [2.05, 4.69) is 9.68 Å². The van der Waals surface area contributed by atoms with E-state index in [9.17, 15) is 13.2 Å². The average Bonchev–Trinajstić information content (AvgIpc) is 2.48. The van der Waals surface area contributed by atoms with Crippen molar-refractivity contribution in [3.05, 3.63) is 11.5 Å². The van der Waals surface area contributed by atoms with E-state index in [1.165, 1.54) is 0 Å². The Kier molecular flexibility index (Phi) is 1.84. The Morgan fingerprint density at radius 3 is 2.86 bits per heavy atom. The van der Waals surface area contributed by atoms with Gasteiger partial charge in [0, 0.05) is 0 Å². The molecule has 2 rings (SSSR count). The summed E-state index contributed by atoms with van der Waals surface area (Å²) in [4.78, 5) is 10.4. The van der Waals surface area contributed by atoms with Gasteiger partial charge in [0.05, 0.1) is 5.75 Å². The highest BCUT2D eigenvalue weighted by Gasteiger charge is 2.34. The van der Waals surface area contributed by atoms with Gasteiger partial charge in [-0.2, -0.15) is 0 Å². The minimum atomic E-state index is -3.51. The lowest BCUT2D eigenvalue weighted by Gasteiger charge is -2.08. The molecule has 76 valence electrons. The van der Waals surface area contributed by atoms with Crippen molar-refractivity contribution in [2.75, 3.05) is 5.75 Å². The summed E-state index contributed by atoms with van der Waals surface area (Å²) in [6, 6.07) is 0. The summed E-state index contributed by atoms with van der Waals surface area (Å²) in [6.07, 6.45) is 0.909. The lowest BCUT2D eigenvalue weighted by Crippen LogP contribution is -2.17. The maximum Gasteiger partial charge on any atom is 0.376 e. The van der Waals surface area contributed by atoms with E-state index in [4.69, 9.17) is 5.11 Å². The Morgan fingerprint density at radius 1 is 1.50 bits per heavy atom. The van der Waals surface area contributed by atoms with Crippen molar-refractivity contribution in [1.29, 1.82) is 0 Å². The molecule has 0 aromatic carbocycles. The van der Waals surface area contributed by atoms with E-state index in [0.29, 0.717) is 12.8 Å². The van der Waals surface area contributed by atoms with E-state index in [1.54, 1.807) is 0 Å². The highest BCUT2D eigenvalue weighted by Crippen LogP contribution is 2.27. The van der Waals surface area contributed by atoms with Crippen molar-refractivity contribution in [3.8, 4) is 0 Å². The molecule has 0 unspecified atom stereocenters. The van der Waals surface area contributed by atoms with E-state index < -0.39 is 21.6 Å². The smallest absolute Gasteiger partial charge is 0.376 e. The predicted octanol–water partition coefficient (Wildman–Crippen LogP) is 0.0927. The Labute approximate surface area is 79.4 Å². The van der Waals surface area contributed by atoms with Crippen LogP contribution in [0.5, 0.6) is 0 Å². The third-order valence-corrected chi connectivity index (χ3v) is 3.92. The number of nitrogens with zero attached hydrogens (tertiary/aromatic N) is 1. The number of aromatic carboxylic acids is 1. The minimum Gasteiger partial charge on any atom is -0.475 e. The largest absolute Gasteiger partial charge is 0.475 e. The van der Waals surface area contributed by atoms with Gasteiger partial charge in [0.25, 0.3) is 5.76 Å². The second-order valence-electron chi connectivity index (χ2n) is 3.02. The number of rotatable bonds is 1. The van der Waals surface area contributed by atoms with Gasteiger partial charge >= 0.3 is 5.97 Å². The van der Waals surface area contributed by atoms with Gasteiger partial charge < -0.3 is 9.63 Å². The molecular weight excluding hydrogens is 210 g/mol. The topological polar surface area (TPSA) is 97.5 Å². The first-order valence-corrected chi connectivity index (χ1v) is 5.62. The zero-order valence-corrected chi connectivity index (χ0v) is 7.87. The van der Waals surface area contributed by atoms with Gasteiger partial charge in [-0.25, -0.2) is 13.2 Å². The van der Waals surface area contributed by atoms with Crippen molar-refractivity contribution in [2.45, 2.75) is 17.7 Å². The van der Waals surface area contributed by atoms with Gasteiger partial charge in [-0.15, -0.1) is 0 Å². The fourth-order valence-electron chi connectivity index (χ4n) is 1.46. The summed E-state index contributed by atoms with van der Waals surface area (Å²) in [5.41, 5.74) is 0.230. The summed E-state index contributed by atoms with van der Waals surface area (Å²) >= 11 is 0. The highest BCUT2D eigenvalue weighted by molar-refractivity contribution is 7.91. The Balaban J connectivity index is 2.71. The summed E-state index contributed by atoms with van der Waals surface area (Å²) < 4.78 is 27.5. The molecule has 0 spiro atoms. The standard InChI is InChI=1S/C7H7NO5S/c9-7(10)5-6-4(8-13-5)2-1-3-14(6,11)12/h1-3H2,(H,9,10). The zero-order valence-electron chi connectivity index (χ0n) is 7.06. The molecule has 1 aliphatic rings. The molecule has 0 amide bonds. The van der Waals surface area contributed by atoms with Crippen LogP contribution in [0.4, 0.5) is 0 Å². The van der Waals surface area contributed by atoms with Crippen LogP contribution in [0.25, 0.3) is 0 Å². The molecule has 0 atom stereocenters. The second-order valence-corrected chi connectivity index (χ2v) is 5.06. The minimum absolute atomic E-state index is 0.0402. The number of hydrogen-bond donors (Lipinski definition) is 1. The molecule has 0 fully saturated rings. The van der Waals surface area contributed by atoms with Gasteiger partial charge in [-0.3, -0.25) is 0 Å². The quantitative estimate of drug-likeness (QED) is 0.716. The van der Waals surface area contributed by atoms with Crippen molar-refractivity contribution in [3.63, 3.8) is 0 Å². The normalized spacial score (nSPS) is 18.9. The molecule has 7 heteroatoms. The lowest BCUT2D eigenvalue weighted by molar-refractivity contribution is 0.0646. The number of carbonyl (C=O) groups is 1. The van der Waals surface area contributed by atoms with Crippen molar-refractivity contribution in [1.82, 2.24) is 5.16 Å². The third-order valence-electron chi connectivity index (χ3n) is 2.05. The number of aryl methyl sites for hydroxylation is 1. The summed E-state index contributed by atoms with van der Waals surface area (Å²) in [6.45, 7) is 0. The first kappa shape index (κ1) is 9.20. The first-order valence-electron chi connectivity index (χ1n) is 3.97. The van der Waals surface area contributed by atoms with Crippen LogP contribution in [0.3, 0.4) is 0 Å². The van der Waals surface area contributed by atoms with Crippen LogP contribution in [0.15, 0.2) is 9.42 Å². The fraction of sp³-hybridized carbons (Fsp3) is 0.429. The summed E-state index contributed by atoms with van der Waals surface area (Å²) in [5, 5.41) is 12.1. The number of sulfone groups is 1. The van der Waals surface area contributed by atoms with Crippen molar-refractivity contribution < 1.29 is 22.8 Å². The molecule has 1 aromatic heterocycles. The SMILES string of the molecule is O=C(O)c1onc2c1S(=O)(=O)CCC2. The predicted molar refractivity (Wildman–Crippen MR) is 43.8 cm³/mol. The van der Waals surface area contributed by atoms with E-state index in [0.717, 1.165) is 0 Å². The third kappa shape index (κ3) is 1.20. The van der Waals surface area contributed by atoms with Crippen molar-refractivity contribution in [2.24, 2.45) is 0 Å². The first-order chi connectivity index (χ1) is 6.52. The molecule has 0 aliphatic carbocycles. The molecule has 2 heterocycles. The number of hydrogen-bond acceptors (Lipinski definition) is 5. The zero-order chi connectivity index (χ0) is 10.3. The Morgan fingerprint density at radius 2 is 2.21 bits per heavy atom. The fourth-order valence-corrected chi connectivity index (χ4v) is 3.10. The molecular formula is C7H7NO5S. The van der Waals surface area contributed by atoms with Crippen LogP contribution < -0.4 is 0 Å². The van der Waals surface area contributed by atoms with Gasteiger partial charge in [-0.05, 0) is 12.8 Å². The number of carboxylic acid groups (broad SMARTS) is 1. The summed E-state index contributed by atoms with van der Waals surface area (Å²) in [7, 11) is -3.51. The van der Waals surface area contributed by atoms with Gasteiger partial charge in [-0.1, -0.05) is 5.16 Å². The van der Waals surface area contributed by atoms with E-state index in [-0.39, 0.29) is 16.3 Å². The van der Waals surface area contributed by atoms with Crippen LogP contribution in [0.2, 0.25) is 0 Å². The van der Waals surface area contributed by atoms with E-state index >= 15 is 0 Å². The molecule has 0 bridgehead atoms. The highest BCUT2D eigenvalue weighted by atomic mass is 32.2. The second kappa shape index (κ2) is 2.81. The molecule has 1 N–H and O–H groups in total. The van der Waals surface area contributed by atoms with Gasteiger partial charge in [0.1, 0.15) is 10.6 Å². The monoisotopic (exact) mass is 217 g/mol. The molecule has 6 nitrogen and oxygen atoms in total. The molecule has 0 saturated carbocycles. The number of aromatic nitrogens is 1. The molecule has 1 aromatic rings. The Bertz CT molecular complexity index is 486. The lowest BCUT2D eigenvalue weighted by atomic mass is 10.2. The number of carboxylic acids is 1. The van der Waals surface area contributed by atoms with Crippen LogP contribution in [-0.2, 0) is 16.3 Å². The van der Waals surface area contributed by atoms with Crippen LogP contribution in [0.1, 0.15) is 22.7 Å². The van der Waals surface area contributed by atoms with Crippen LogP contribution in [-0.4, -0.2) is 30.4 Å². The molecule has 0 saturated heterocycles. The maximum absolute atomic E-state index is 11.5. The van der Waals surface area contributed by atoms with Crippen LogP contribution >= 0.6 is 0 Å². The van der Waals surface area contributed by atoms with E-state index in [1.807, 2.05) is 0 Å². The average molecular weight is 217 g/mol. The van der Waals surface area contributed by atoms with Crippen molar-refractivity contribution >= 4 is 15.8 Å². The van der Waals surface area contributed by atoms with Crippen LogP contribution in [0, 0.1) is 0 Å². The maximum atomic E-state index is 11.5.